The second-order valence-electron chi connectivity index (χ2n) is 7.27. The predicted molar refractivity (Wildman–Crippen MR) is 101 cm³/mol. The van der Waals surface area contributed by atoms with Crippen LogP contribution in [0.15, 0.2) is 18.3 Å². The zero-order valence-corrected chi connectivity index (χ0v) is 16.4. The highest BCUT2D eigenvalue weighted by molar-refractivity contribution is 6.32. The summed E-state index contributed by atoms with van der Waals surface area (Å²) >= 11 is 6.38. The number of hydrogen-bond donors (Lipinski definition) is 2. The Kier molecular flexibility index (Phi) is 6.63. The van der Waals surface area contributed by atoms with E-state index in [1.165, 1.54) is 0 Å². The average Bonchev–Trinajstić information content (AvgIpc) is 2.52. The van der Waals surface area contributed by atoms with Gasteiger partial charge in [-0.15, -0.1) is 0 Å². The van der Waals surface area contributed by atoms with E-state index in [-0.39, 0.29) is 6.09 Å². The van der Waals surface area contributed by atoms with Gasteiger partial charge in [-0.05, 0) is 45.8 Å². The van der Waals surface area contributed by atoms with Crippen LogP contribution >= 0.6 is 11.6 Å². The minimum absolute atomic E-state index is 0.318. The van der Waals surface area contributed by atoms with Gasteiger partial charge in [0.15, 0.2) is 0 Å². The van der Waals surface area contributed by atoms with Gasteiger partial charge in [0.1, 0.15) is 18.1 Å². The molecule has 7 nitrogen and oxygen atoms in total. The van der Waals surface area contributed by atoms with E-state index in [9.17, 15) is 4.79 Å². The standard InChI is InChI=1S/C18H27ClN4O3/c1-11(20)25-16(21)13-9-14(19)15(22-10-13)12-5-7-23(8-6-12)17(24)26-18(2,3)4/h5,9-11,16H,6-8,20-21H2,1-4H3. The molecule has 0 spiro atoms. The molecule has 0 fully saturated rings. The molecule has 26 heavy (non-hydrogen) atoms. The van der Waals surface area contributed by atoms with E-state index in [2.05, 4.69) is 4.98 Å². The molecule has 0 aliphatic carbocycles. The summed E-state index contributed by atoms with van der Waals surface area (Å²) in [7, 11) is 0. The molecule has 1 aliphatic rings. The van der Waals surface area contributed by atoms with Gasteiger partial charge in [-0.1, -0.05) is 17.7 Å². The summed E-state index contributed by atoms with van der Waals surface area (Å²) in [5, 5.41) is 0.489. The highest BCUT2D eigenvalue weighted by atomic mass is 35.5. The van der Waals surface area contributed by atoms with Crippen LogP contribution in [0, 0.1) is 0 Å². The van der Waals surface area contributed by atoms with Crippen LogP contribution in [0.4, 0.5) is 4.79 Å². The van der Waals surface area contributed by atoms with Crippen LogP contribution in [-0.4, -0.2) is 40.9 Å². The molecule has 0 radical (unpaired) electrons. The third-order valence-corrected chi connectivity index (χ3v) is 4.01. The molecule has 4 N–H and O–H groups in total. The Hall–Kier alpha value is -1.67. The zero-order valence-electron chi connectivity index (χ0n) is 15.7. The molecule has 1 aliphatic heterocycles. The first-order valence-electron chi connectivity index (χ1n) is 8.56. The van der Waals surface area contributed by atoms with Crippen molar-refractivity contribution in [1.82, 2.24) is 9.88 Å². The fraction of sp³-hybridized carbons (Fsp3) is 0.556. The highest BCUT2D eigenvalue weighted by Gasteiger charge is 2.25. The number of carbonyl (C=O) groups excluding carboxylic acids is 1. The maximum absolute atomic E-state index is 12.1. The lowest BCUT2D eigenvalue weighted by Gasteiger charge is -2.29. The van der Waals surface area contributed by atoms with E-state index in [0.717, 1.165) is 5.57 Å². The lowest BCUT2D eigenvalue weighted by Crippen LogP contribution is -2.39. The summed E-state index contributed by atoms with van der Waals surface area (Å²) in [6.07, 6.45) is 2.74. The van der Waals surface area contributed by atoms with Gasteiger partial charge in [0.05, 0.1) is 10.7 Å². The number of ether oxygens (including phenoxy) is 2. The highest BCUT2D eigenvalue weighted by Crippen LogP contribution is 2.29. The molecule has 1 amide bonds. The second kappa shape index (κ2) is 8.35. The molecule has 0 aromatic carbocycles. The average molecular weight is 383 g/mol. The first-order chi connectivity index (χ1) is 12.1. The van der Waals surface area contributed by atoms with Crippen LogP contribution in [0.2, 0.25) is 5.02 Å². The van der Waals surface area contributed by atoms with Gasteiger partial charge in [0.2, 0.25) is 0 Å². The Morgan fingerprint density at radius 1 is 1.38 bits per heavy atom. The van der Waals surface area contributed by atoms with Crippen molar-refractivity contribution in [3.63, 3.8) is 0 Å². The lowest BCUT2D eigenvalue weighted by atomic mass is 10.0. The number of aromatic nitrogens is 1. The SMILES string of the molecule is CC(N)OC(N)c1cnc(C2=CCN(C(=O)OC(C)(C)C)CC2)c(Cl)c1. The molecule has 1 aromatic rings. The van der Waals surface area contributed by atoms with Crippen molar-refractivity contribution in [1.29, 1.82) is 0 Å². The Labute approximate surface area is 159 Å². The molecular formula is C18H27ClN4O3. The van der Waals surface area contributed by atoms with Crippen molar-refractivity contribution in [2.75, 3.05) is 13.1 Å². The maximum atomic E-state index is 12.1. The number of hydrogen-bond acceptors (Lipinski definition) is 6. The van der Waals surface area contributed by atoms with Crippen LogP contribution in [0.5, 0.6) is 0 Å². The third kappa shape index (κ3) is 5.67. The molecular weight excluding hydrogens is 356 g/mol. The van der Waals surface area contributed by atoms with Gasteiger partial charge in [-0.3, -0.25) is 4.98 Å². The number of rotatable bonds is 4. The van der Waals surface area contributed by atoms with Gasteiger partial charge in [-0.25, -0.2) is 4.79 Å². The molecule has 8 heteroatoms. The number of pyridine rings is 1. The first-order valence-corrected chi connectivity index (χ1v) is 8.94. The van der Waals surface area contributed by atoms with Crippen molar-refractivity contribution < 1.29 is 14.3 Å². The molecule has 2 heterocycles. The van der Waals surface area contributed by atoms with Crippen LogP contribution < -0.4 is 11.5 Å². The number of halogens is 1. The van der Waals surface area contributed by atoms with Crippen molar-refractivity contribution in [3.8, 4) is 0 Å². The van der Waals surface area contributed by atoms with E-state index in [4.69, 9.17) is 32.5 Å². The molecule has 144 valence electrons. The monoisotopic (exact) mass is 382 g/mol. The van der Waals surface area contributed by atoms with Crippen LogP contribution in [0.3, 0.4) is 0 Å². The summed E-state index contributed by atoms with van der Waals surface area (Å²) in [4.78, 5) is 18.2. The largest absolute Gasteiger partial charge is 0.444 e. The molecule has 0 bridgehead atoms. The fourth-order valence-electron chi connectivity index (χ4n) is 2.53. The lowest BCUT2D eigenvalue weighted by molar-refractivity contribution is 0.00361. The summed E-state index contributed by atoms with van der Waals surface area (Å²) in [5.74, 6) is 0. The van der Waals surface area contributed by atoms with Crippen molar-refractivity contribution in [3.05, 3.63) is 34.6 Å². The number of carbonyl (C=O) groups is 1. The molecule has 0 saturated carbocycles. The molecule has 0 saturated heterocycles. The summed E-state index contributed by atoms with van der Waals surface area (Å²) in [6.45, 7) is 8.25. The Morgan fingerprint density at radius 3 is 2.58 bits per heavy atom. The number of nitrogens with zero attached hydrogens (tertiary/aromatic N) is 2. The Balaban J connectivity index is 2.07. The Morgan fingerprint density at radius 2 is 2.08 bits per heavy atom. The summed E-state index contributed by atoms with van der Waals surface area (Å²) in [6, 6.07) is 1.73. The molecule has 2 rings (SSSR count). The van der Waals surface area contributed by atoms with E-state index in [1.807, 2.05) is 26.8 Å². The minimum atomic E-state index is -0.683. The summed E-state index contributed by atoms with van der Waals surface area (Å²) in [5.41, 5.74) is 13.3. The van der Waals surface area contributed by atoms with Crippen LogP contribution in [-0.2, 0) is 9.47 Å². The van der Waals surface area contributed by atoms with Gasteiger partial charge >= 0.3 is 6.09 Å². The molecule has 2 unspecified atom stereocenters. The van der Waals surface area contributed by atoms with Gasteiger partial charge in [-0.2, -0.15) is 0 Å². The number of nitrogens with two attached hydrogens (primary N) is 2. The quantitative estimate of drug-likeness (QED) is 0.775. The van der Waals surface area contributed by atoms with Gasteiger partial charge in [0.25, 0.3) is 0 Å². The van der Waals surface area contributed by atoms with E-state index in [0.29, 0.717) is 35.8 Å². The van der Waals surface area contributed by atoms with Crippen LogP contribution in [0.1, 0.15) is 51.6 Å². The summed E-state index contributed by atoms with van der Waals surface area (Å²) < 4.78 is 10.7. The van der Waals surface area contributed by atoms with E-state index < -0.39 is 18.1 Å². The van der Waals surface area contributed by atoms with Gasteiger partial charge in [0, 0.05) is 24.8 Å². The van der Waals surface area contributed by atoms with E-state index >= 15 is 0 Å². The second-order valence-corrected chi connectivity index (χ2v) is 7.67. The minimum Gasteiger partial charge on any atom is -0.444 e. The number of amides is 1. The smallest absolute Gasteiger partial charge is 0.410 e. The normalized spacial score (nSPS) is 17.5. The third-order valence-electron chi connectivity index (χ3n) is 3.72. The predicted octanol–water partition coefficient (Wildman–Crippen LogP) is 3.04. The molecule has 2 atom stereocenters. The topological polar surface area (TPSA) is 104 Å². The van der Waals surface area contributed by atoms with Crippen molar-refractivity contribution in [2.24, 2.45) is 11.5 Å². The fourth-order valence-corrected chi connectivity index (χ4v) is 2.83. The van der Waals surface area contributed by atoms with Gasteiger partial charge < -0.3 is 25.8 Å². The van der Waals surface area contributed by atoms with Crippen molar-refractivity contribution in [2.45, 2.75) is 52.2 Å². The zero-order chi connectivity index (χ0) is 19.5. The Bertz CT molecular complexity index is 686. The van der Waals surface area contributed by atoms with Crippen LogP contribution in [0.25, 0.3) is 5.57 Å². The van der Waals surface area contributed by atoms with E-state index in [1.54, 1.807) is 24.1 Å². The first kappa shape index (κ1) is 20.6. The van der Waals surface area contributed by atoms with Crippen molar-refractivity contribution >= 4 is 23.3 Å². The maximum Gasteiger partial charge on any atom is 0.410 e. The molecule has 1 aromatic heterocycles.